The summed E-state index contributed by atoms with van der Waals surface area (Å²) < 4.78 is 0. The SMILES string of the molecule is CC1CCCC(N)(C(=O)Nc2ncccc2Cl)C1. The summed E-state index contributed by atoms with van der Waals surface area (Å²) >= 11 is 5.96. The van der Waals surface area contributed by atoms with E-state index in [4.69, 9.17) is 17.3 Å². The molecule has 0 spiro atoms. The Hall–Kier alpha value is -1.13. The van der Waals surface area contributed by atoms with Crippen LogP contribution in [0, 0.1) is 5.92 Å². The molecular weight excluding hydrogens is 250 g/mol. The van der Waals surface area contributed by atoms with Gasteiger partial charge in [0.2, 0.25) is 5.91 Å². The number of aromatic nitrogens is 1. The maximum atomic E-state index is 12.3. The van der Waals surface area contributed by atoms with Gasteiger partial charge in [-0.15, -0.1) is 0 Å². The molecule has 4 nitrogen and oxygen atoms in total. The Bertz CT molecular complexity index is 452. The van der Waals surface area contributed by atoms with Crippen molar-refractivity contribution >= 4 is 23.3 Å². The zero-order valence-corrected chi connectivity index (χ0v) is 11.2. The highest BCUT2D eigenvalue weighted by Crippen LogP contribution is 2.31. The molecule has 2 atom stereocenters. The first-order valence-corrected chi connectivity index (χ1v) is 6.60. The van der Waals surface area contributed by atoms with E-state index in [-0.39, 0.29) is 5.91 Å². The van der Waals surface area contributed by atoms with Crippen LogP contribution in [0.1, 0.15) is 32.6 Å². The van der Waals surface area contributed by atoms with E-state index in [0.717, 1.165) is 12.8 Å². The van der Waals surface area contributed by atoms with Gasteiger partial charge in [0, 0.05) is 6.20 Å². The molecule has 2 rings (SSSR count). The summed E-state index contributed by atoms with van der Waals surface area (Å²) in [6, 6.07) is 3.41. The van der Waals surface area contributed by atoms with Crippen LogP contribution in [0.3, 0.4) is 0 Å². The minimum absolute atomic E-state index is 0.186. The van der Waals surface area contributed by atoms with Gasteiger partial charge in [0.05, 0.1) is 10.6 Å². The zero-order valence-electron chi connectivity index (χ0n) is 10.4. The van der Waals surface area contributed by atoms with E-state index < -0.39 is 5.54 Å². The van der Waals surface area contributed by atoms with Gasteiger partial charge in [-0.3, -0.25) is 4.79 Å². The lowest BCUT2D eigenvalue weighted by Crippen LogP contribution is -2.53. The van der Waals surface area contributed by atoms with Crippen molar-refractivity contribution in [1.29, 1.82) is 0 Å². The molecule has 0 saturated heterocycles. The van der Waals surface area contributed by atoms with E-state index in [1.807, 2.05) is 0 Å². The molecule has 0 aromatic carbocycles. The third-order valence-electron chi connectivity index (χ3n) is 3.48. The smallest absolute Gasteiger partial charge is 0.245 e. The highest BCUT2D eigenvalue weighted by atomic mass is 35.5. The van der Waals surface area contributed by atoms with Crippen LogP contribution in [0.2, 0.25) is 5.02 Å². The molecular formula is C13H18ClN3O. The number of nitrogens with two attached hydrogens (primary N) is 1. The number of rotatable bonds is 2. The highest BCUT2D eigenvalue weighted by Gasteiger charge is 2.38. The molecule has 0 bridgehead atoms. The quantitative estimate of drug-likeness (QED) is 0.865. The average molecular weight is 268 g/mol. The van der Waals surface area contributed by atoms with Crippen molar-refractivity contribution in [3.05, 3.63) is 23.4 Å². The number of carbonyl (C=O) groups is 1. The van der Waals surface area contributed by atoms with Crippen LogP contribution in [0.15, 0.2) is 18.3 Å². The average Bonchev–Trinajstić information content (AvgIpc) is 2.31. The van der Waals surface area contributed by atoms with Gasteiger partial charge in [0.25, 0.3) is 0 Å². The Morgan fingerprint density at radius 2 is 2.44 bits per heavy atom. The number of anilines is 1. The molecule has 1 saturated carbocycles. The number of nitrogens with one attached hydrogen (secondary N) is 1. The molecule has 1 aliphatic carbocycles. The van der Waals surface area contributed by atoms with Crippen molar-refractivity contribution in [3.63, 3.8) is 0 Å². The summed E-state index contributed by atoms with van der Waals surface area (Å²) in [5, 5.41) is 3.16. The van der Waals surface area contributed by atoms with Gasteiger partial charge >= 0.3 is 0 Å². The normalized spacial score (nSPS) is 27.8. The van der Waals surface area contributed by atoms with Gasteiger partial charge in [-0.2, -0.15) is 0 Å². The van der Waals surface area contributed by atoms with E-state index in [9.17, 15) is 4.79 Å². The number of carbonyl (C=O) groups excluding carboxylic acids is 1. The van der Waals surface area contributed by atoms with E-state index in [1.165, 1.54) is 0 Å². The molecule has 0 radical (unpaired) electrons. The Morgan fingerprint density at radius 1 is 1.67 bits per heavy atom. The molecule has 98 valence electrons. The third kappa shape index (κ3) is 2.82. The van der Waals surface area contributed by atoms with Crippen molar-refractivity contribution < 1.29 is 4.79 Å². The Kier molecular flexibility index (Phi) is 3.88. The van der Waals surface area contributed by atoms with Gasteiger partial charge in [-0.05, 0) is 30.9 Å². The summed E-state index contributed by atoms with van der Waals surface area (Å²) in [5.74, 6) is 0.676. The fourth-order valence-corrected chi connectivity index (χ4v) is 2.68. The second-order valence-electron chi connectivity index (χ2n) is 5.15. The van der Waals surface area contributed by atoms with Crippen LogP contribution in [0.5, 0.6) is 0 Å². The van der Waals surface area contributed by atoms with E-state index in [0.29, 0.717) is 29.6 Å². The lowest BCUT2D eigenvalue weighted by atomic mass is 9.76. The topological polar surface area (TPSA) is 68.0 Å². The maximum absolute atomic E-state index is 12.3. The number of hydrogen-bond donors (Lipinski definition) is 2. The third-order valence-corrected chi connectivity index (χ3v) is 3.78. The predicted molar refractivity (Wildman–Crippen MR) is 72.4 cm³/mol. The molecule has 1 fully saturated rings. The molecule has 1 aromatic heterocycles. The lowest BCUT2D eigenvalue weighted by Gasteiger charge is -2.35. The molecule has 5 heteroatoms. The summed E-state index contributed by atoms with van der Waals surface area (Å²) in [5.41, 5.74) is 5.41. The first-order chi connectivity index (χ1) is 8.51. The van der Waals surface area contributed by atoms with Crippen LogP contribution < -0.4 is 11.1 Å². The molecule has 18 heavy (non-hydrogen) atoms. The van der Waals surface area contributed by atoms with Crippen LogP contribution in [-0.4, -0.2) is 16.4 Å². The largest absolute Gasteiger partial charge is 0.317 e. The minimum atomic E-state index is -0.793. The zero-order chi connectivity index (χ0) is 13.2. The van der Waals surface area contributed by atoms with Gasteiger partial charge in [0.15, 0.2) is 5.82 Å². The molecule has 1 aliphatic rings. The summed E-state index contributed by atoms with van der Waals surface area (Å²) in [4.78, 5) is 16.3. The van der Waals surface area contributed by atoms with E-state index in [2.05, 4.69) is 17.2 Å². The Balaban J connectivity index is 2.10. The van der Waals surface area contributed by atoms with Crippen molar-refractivity contribution in [2.45, 2.75) is 38.1 Å². The molecule has 2 unspecified atom stereocenters. The van der Waals surface area contributed by atoms with Crippen LogP contribution in [0.25, 0.3) is 0 Å². The maximum Gasteiger partial charge on any atom is 0.245 e. The number of halogens is 1. The van der Waals surface area contributed by atoms with E-state index in [1.54, 1.807) is 18.3 Å². The van der Waals surface area contributed by atoms with E-state index >= 15 is 0 Å². The molecule has 1 amide bonds. The second-order valence-corrected chi connectivity index (χ2v) is 5.55. The summed E-state index contributed by atoms with van der Waals surface area (Å²) in [7, 11) is 0. The number of amides is 1. The molecule has 1 heterocycles. The predicted octanol–water partition coefficient (Wildman–Crippen LogP) is 2.58. The second kappa shape index (κ2) is 5.24. The first-order valence-electron chi connectivity index (χ1n) is 6.22. The fraction of sp³-hybridized carbons (Fsp3) is 0.538. The van der Waals surface area contributed by atoms with Crippen molar-refractivity contribution in [3.8, 4) is 0 Å². The van der Waals surface area contributed by atoms with Crippen LogP contribution in [0.4, 0.5) is 5.82 Å². The van der Waals surface area contributed by atoms with Crippen molar-refractivity contribution in [2.24, 2.45) is 11.7 Å². The summed E-state index contributed by atoms with van der Waals surface area (Å²) in [6.07, 6.45) is 5.14. The van der Waals surface area contributed by atoms with Crippen LogP contribution in [-0.2, 0) is 4.79 Å². The van der Waals surface area contributed by atoms with Gasteiger partial charge in [-0.25, -0.2) is 4.98 Å². The number of hydrogen-bond acceptors (Lipinski definition) is 3. The monoisotopic (exact) mass is 267 g/mol. The first kappa shape index (κ1) is 13.3. The number of nitrogens with zero attached hydrogens (tertiary/aromatic N) is 1. The standard InChI is InChI=1S/C13H18ClN3O/c1-9-4-2-6-13(15,8-9)12(18)17-11-10(14)5-3-7-16-11/h3,5,7,9H,2,4,6,8,15H2,1H3,(H,16,17,18). The van der Waals surface area contributed by atoms with Crippen LogP contribution >= 0.6 is 11.6 Å². The van der Waals surface area contributed by atoms with Crippen molar-refractivity contribution in [1.82, 2.24) is 4.98 Å². The molecule has 1 aromatic rings. The summed E-state index contributed by atoms with van der Waals surface area (Å²) in [6.45, 7) is 2.13. The van der Waals surface area contributed by atoms with Crippen molar-refractivity contribution in [2.75, 3.05) is 5.32 Å². The molecule has 0 aliphatic heterocycles. The minimum Gasteiger partial charge on any atom is -0.317 e. The molecule has 3 N–H and O–H groups in total. The van der Waals surface area contributed by atoms with Gasteiger partial charge < -0.3 is 11.1 Å². The number of pyridine rings is 1. The lowest BCUT2D eigenvalue weighted by molar-refractivity contribution is -0.122. The Labute approximate surface area is 112 Å². The fourth-order valence-electron chi connectivity index (χ4n) is 2.51. The van der Waals surface area contributed by atoms with Gasteiger partial charge in [-0.1, -0.05) is 31.4 Å². The highest BCUT2D eigenvalue weighted by molar-refractivity contribution is 6.33. The van der Waals surface area contributed by atoms with Gasteiger partial charge in [0.1, 0.15) is 0 Å². The Morgan fingerprint density at radius 3 is 3.11 bits per heavy atom.